The van der Waals surface area contributed by atoms with Crippen LogP contribution in [-0.4, -0.2) is 25.9 Å². The highest BCUT2D eigenvalue weighted by atomic mass is 32.2. The van der Waals surface area contributed by atoms with E-state index in [1.165, 1.54) is 24.6 Å². The van der Waals surface area contributed by atoms with Gasteiger partial charge in [0.2, 0.25) is 11.8 Å². The fourth-order valence-corrected chi connectivity index (χ4v) is 2.81. The Morgan fingerprint density at radius 1 is 1.60 bits per heavy atom. The van der Waals surface area contributed by atoms with Gasteiger partial charge in [0.15, 0.2) is 5.16 Å². The molecule has 0 spiro atoms. The predicted octanol–water partition coefficient (Wildman–Crippen LogP) is 2.63. The third-order valence-corrected chi connectivity index (χ3v) is 4.19. The Morgan fingerprint density at radius 2 is 2.40 bits per heavy atom. The Hall–Kier alpha value is -1.76. The minimum absolute atomic E-state index is 0.114. The Bertz CT molecular complexity index is 617. The number of aryl methyl sites for hydroxylation is 1. The van der Waals surface area contributed by atoms with Gasteiger partial charge in [0.05, 0.1) is 10.9 Å². The smallest absolute Gasteiger partial charge is 0.240 e. The van der Waals surface area contributed by atoms with E-state index in [1.54, 1.807) is 12.3 Å². The highest BCUT2D eigenvalue weighted by Crippen LogP contribution is 2.38. The molecule has 0 bridgehead atoms. The van der Waals surface area contributed by atoms with Crippen LogP contribution in [0.1, 0.15) is 31.5 Å². The van der Waals surface area contributed by atoms with Crippen LogP contribution < -0.4 is 5.32 Å². The van der Waals surface area contributed by atoms with Crippen molar-refractivity contribution in [2.24, 2.45) is 0 Å². The van der Waals surface area contributed by atoms with E-state index >= 15 is 0 Å². The average molecular weight is 292 g/mol. The van der Waals surface area contributed by atoms with Crippen LogP contribution in [0.25, 0.3) is 0 Å². The molecule has 0 aromatic carbocycles. The van der Waals surface area contributed by atoms with E-state index < -0.39 is 0 Å². The van der Waals surface area contributed by atoms with Crippen molar-refractivity contribution in [1.29, 1.82) is 0 Å². The summed E-state index contributed by atoms with van der Waals surface area (Å²) in [4.78, 5) is 16.4. The van der Waals surface area contributed by atoms with E-state index in [0.717, 1.165) is 10.9 Å². The van der Waals surface area contributed by atoms with Crippen molar-refractivity contribution in [1.82, 2.24) is 14.7 Å². The lowest BCUT2D eigenvalue weighted by atomic mass is 10.4. The molecule has 1 saturated carbocycles. The van der Waals surface area contributed by atoms with Crippen LogP contribution >= 0.6 is 11.8 Å². The van der Waals surface area contributed by atoms with Crippen LogP contribution in [0.2, 0.25) is 0 Å². The lowest BCUT2D eigenvalue weighted by molar-refractivity contribution is -0.115. The molecule has 1 aliphatic rings. The van der Waals surface area contributed by atoms with Crippen molar-refractivity contribution in [2.75, 3.05) is 5.32 Å². The zero-order valence-electron chi connectivity index (χ0n) is 11.4. The van der Waals surface area contributed by atoms with Gasteiger partial charge in [0.25, 0.3) is 0 Å². The van der Waals surface area contributed by atoms with Gasteiger partial charge in [0, 0.05) is 24.5 Å². The van der Waals surface area contributed by atoms with Crippen LogP contribution in [0.3, 0.4) is 0 Å². The molecule has 2 aromatic rings. The number of imidazole rings is 1. The summed E-state index contributed by atoms with van der Waals surface area (Å²) >= 11 is 1.46. The van der Waals surface area contributed by atoms with E-state index in [0.29, 0.717) is 11.9 Å². The first-order chi connectivity index (χ1) is 9.63. The summed E-state index contributed by atoms with van der Waals surface area (Å²) < 4.78 is 7.13. The molecule has 7 heteroatoms. The summed E-state index contributed by atoms with van der Waals surface area (Å²) in [7, 11) is 0. The number of hydrogen-bond donors (Lipinski definition) is 1. The summed E-state index contributed by atoms with van der Waals surface area (Å²) in [6.45, 7) is 3.67. The standard InChI is InChI=1S/C13H16N4O2S/c1-8-7-11(19-16-8)15-12(18)9(2)20-13-14-5-6-17(13)10-3-4-10/h5-7,9-10H,3-4H2,1-2H3,(H,15,18). The van der Waals surface area contributed by atoms with E-state index in [9.17, 15) is 4.79 Å². The largest absolute Gasteiger partial charge is 0.338 e. The lowest BCUT2D eigenvalue weighted by Gasteiger charge is -2.11. The molecule has 0 aliphatic heterocycles. The number of carbonyl (C=O) groups is 1. The maximum Gasteiger partial charge on any atom is 0.240 e. The molecule has 1 amide bonds. The fraction of sp³-hybridized carbons (Fsp3) is 0.462. The number of nitrogens with zero attached hydrogens (tertiary/aromatic N) is 3. The summed E-state index contributed by atoms with van der Waals surface area (Å²) in [5, 5.41) is 7.09. The van der Waals surface area contributed by atoms with Crippen LogP contribution in [0.15, 0.2) is 28.1 Å². The maximum absolute atomic E-state index is 12.1. The molecule has 0 radical (unpaired) electrons. The second-order valence-electron chi connectivity index (χ2n) is 4.93. The molecule has 1 unspecified atom stereocenters. The molecule has 106 valence electrons. The van der Waals surface area contributed by atoms with Gasteiger partial charge in [-0.2, -0.15) is 0 Å². The molecule has 1 fully saturated rings. The average Bonchev–Trinajstić information content (AvgIpc) is 3.03. The second-order valence-corrected chi connectivity index (χ2v) is 6.24. The molecule has 6 nitrogen and oxygen atoms in total. The van der Waals surface area contributed by atoms with Crippen LogP contribution in [-0.2, 0) is 4.79 Å². The van der Waals surface area contributed by atoms with Crippen molar-refractivity contribution in [3.8, 4) is 0 Å². The minimum Gasteiger partial charge on any atom is -0.338 e. The van der Waals surface area contributed by atoms with Gasteiger partial charge < -0.3 is 9.09 Å². The number of rotatable bonds is 5. The second kappa shape index (κ2) is 5.32. The molecule has 1 N–H and O–H groups in total. The molecular formula is C13H16N4O2S. The third kappa shape index (κ3) is 2.87. The predicted molar refractivity (Wildman–Crippen MR) is 75.7 cm³/mol. The number of thioether (sulfide) groups is 1. The van der Waals surface area contributed by atoms with Crippen LogP contribution in [0, 0.1) is 6.92 Å². The molecule has 2 heterocycles. The third-order valence-electron chi connectivity index (χ3n) is 3.10. The highest BCUT2D eigenvalue weighted by Gasteiger charge is 2.27. The Labute approximate surface area is 120 Å². The molecule has 2 aromatic heterocycles. The number of hydrogen-bond acceptors (Lipinski definition) is 5. The summed E-state index contributed by atoms with van der Waals surface area (Å²) in [5.41, 5.74) is 0.741. The number of amides is 1. The Balaban J connectivity index is 1.61. The molecule has 20 heavy (non-hydrogen) atoms. The van der Waals surface area contributed by atoms with Gasteiger partial charge in [-0.05, 0) is 26.7 Å². The Kier molecular flexibility index (Phi) is 3.52. The lowest BCUT2D eigenvalue weighted by Crippen LogP contribution is -2.22. The van der Waals surface area contributed by atoms with Crippen molar-refractivity contribution < 1.29 is 9.32 Å². The van der Waals surface area contributed by atoms with Gasteiger partial charge in [-0.25, -0.2) is 4.98 Å². The van der Waals surface area contributed by atoms with E-state index in [-0.39, 0.29) is 11.2 Å². The van der Waals surface area contributed by atoms with Gasteiger partial charge in [-0.1, -0.05) is 16.9 Å². The minimum atomic E-state index is -0.250. The van der Waals surface area contributed by atoms with Crippen molar-refractivity contribution in [2.45, 2.75) is 43.1 Å². The first-order valence-electron chi connectivity index (χ1n) is 6.57. The normalized spacial score (nSPS) is 16.1. The topological polar surface area (TPSA) is 73.0 Å². The number of anilines is 1. The van der Waals surface area contributed by atoms with Crippen molar-refractivity contribution >= 4 is 23.6 Å². The summed E-state index contributed by atoms with van der Waals surface area (Å²) in [6, 6.07) is 2.26. The van der Waals surface area contributed by atoms with Gasteiger partial charge in [-0.3, -0.25) is 10.1 Å². The van der Waals surface area contributed by atoms with Crippen molar-refractivity contribution in [3.05, 3.63) is 24.2 Å². The Morgan fingerprint density at radius 3 is 3.05 bits per heavy atom. The van der Waals surface area contributed by atoms with Gasteiger partial charge >= 0.3 is 0 Å². The zero-order valence-corrected chi connectivity index (χ0v) is 12.2. The molecule has 0 saturated heterocycles. The van der Waals surface area contributed by atoms with Crippen LogP contribution in [0.4, 0.5) is 5.88 Å². The number of carbonyl (C=O) groups excluding carboxylic acids is 1. The molecular weight excluding hydrogens is 276 g/mol. The summed E-state index contributed by atoms with van der Waals surface area (Å²) in [5.74, 6) is 0.266. The SMILES string of the molecule is Cc1cc(NC(=O)C(C)Sc2nccn2C2CC2)on1. The highest BCUT2D eigenvalue weighted by molar-refractivity contribution is 8.00. The van der Waals surface area contributed by atoms with Gasteiger partial charge in [-0.15, -0.1) is 0 Å². The number of aromatic nitrogens is 3. The first kappa shape index (κ1) is 13.2. The van der Waals surface area contributed by atoms with E-state index in [1.807, 2.05) is 20.0 Å². The fourth-order valence-electron chi connectivity index (χ4n) is 1.88. The maximum atomic E-state index is 12.1. The monoisotopic (exact) mass is 292 g/mol. The molecule has 3 rings (SSSR count). The van der Waals surface area contributed by atoms with E-state index in [4.69, 9.17) is 4.52 Å². The quantitative estimate of drug-likeness (QED) is 0.858. The number of nitrogens with one attached hydrogen (secondary N) is 1. The first-order valence-corrected chi connectivity index (χ1v) is 7.45. The molecule has 1 aliphatic carbocycles. The zero-order chi connectivity index (χ0) is 14.1. The van der Waals surface area contributed by atoms with Crippen LogP contribution in [0.5, 0.6) is 0 Å². The molecule has 1 atom stereocenters. The van der Waals surface area contributed by atoms with Crippen molar-refractivity contribution in [3.63, 3.8) is 0 Å². The summed E-state index contributed by atoms with van der Waals surface area (Å²) in [6.07, 6.45) is 6.15. The van der Waals surface area contributed by atoms with E-state index in [2.05, 4.69) is 20.0 Å². The van der Waals surface area contributed by atoms with Gasteiger partial charge in [0.1, 0.15) is 0 Å².